The van der Waals surface area contributed by atoms with E-state index >= 15 is 0 Å². The molecule has 96 heavy (non-hydrogen) atoms. The molecule has 0 fully saturated rings. The Morgan fingerprint density at radius 1 is 0.177 bits per heavy atom. The number of hydrogen-bond acceptors (Lipinski definition) is 2. The molecule has 0 spiro atoms. The molecule has 0 unspecified atom stereocenters. The highest BCUT2D eigenvalue weighted by Crippen LogP contribution is 2.44. The van der Waals surface area contributed by atoms with E-state index in [1.807, 2.05) is 0 Å². The highest BCUT2D eigenvalue weighted by molar-refractivity contribution is 6.06. The number of benzene rings is 14. The van der Waals surface area contributed by atoms with Crippen molar-refractivity contribution >= 4 is 56.4 Å². The van der Waals surface area contributed by atoms with E-state index in [4.69, 9.17) is 0 Å². The number of nitrogens with zero attached hydrogens (tertiary/aromatic N) is 2. The molecule has 0 aliphatic heterocycles. The first-order chi connectivity index (χ1) is 47.3. The van der Waals surface area contributed by atoms with Crippen molar-refractivity contribution in [3.8, 4) is 33.4 Å². The maximum Gasteiger partial charge on any atom is 0.0462 e. The van der Waals surface area contributed by atoms with Crippen LogP contribution < -0.4 is 9.80 Å². The van der Waals surface area contributed by atoms with Gasteiger partial charge in [0.15, 0.2) is 0 Å². The van der Waals surface area contributed by atoms with Gasteiger partial charge in [0.25, 0.3) is 0 Å². The van der Waals surface area contributed by atoms with Crippen LogP contribution in [0.15, 0.2) is 376 Å². The van der Waals surface area contributed by atoms with Gasteiger partial charge in [-0.3, -0.25) is 0 Å². The van der Waals surface area contributed by atoms with Crippen molar-refractivity contribution in [2.75, 3.05) is 9.80 Å². The Labute approximate surface area is 567 Å². The molecule has 0 aliphatic rings. The summed E-state index contributed by atoms with van der Waals surface area (Å²) in [4.78, 5) is 4.71. The third kappa shape index (κ3) is 13.5. The van der Waals surface area contributed by atoms with Crippen molar-refractivity contribution in [2.24, 2.45) is 0 Å². The molecule has 0 amide bonds. The van der Waals surface area contributed by atoms with Crippen LogP contribution in [0.25, 0.3) is 55.7 Å². The molecular weight excluding hydrogens is 1160 g/mol. The lowest BCUT2D eigenvalue weighted by Gasteiger charge is -2.26. The van der Waals surface area contributed by atoms with Gasteiger partial charge in [-0.2, -0.15) is 0 Å². The fourth-order valence-corrected chi connectivity index (χ4v) is 13.3. The Morgan fingerprint density at radius 2 is 0.385 bits per heavy atom. The molecule has 0 radical (unpaired) electrons. The first-order valence-electron chi connectivity index (χ1n) is 33.5. The van der Waals surface area contributed by atoms with E-state index in [1.165, 1.54) is 50.1 Å². The average Bonchev–Trinajstić information content (AvgIpc) is 0.819. The van der Waals surface area contributed by atoms with Gasteiger partial charge in [-0.15, -0.1) is 0 Å². The lowest BCUT2D eigenvalue weighted by molar-refractivity contribution is 0.866. The summed E-state index contributed by atoms with van der Waals surface area (Å²) in [5, 5.41) is 0. The molecule has 462 valence electrons. The second-order valence-corrected chi connectivity index (χ2v) is 25.2. The summed E-state index contributed by atoms with van der Waals surface area (Å²) in [6, 6.07) is 137. The van der Waals surface area contributed by atoms with Crippen LogP contribution in [-0.2, 0) is 0 Å². The summed E-state index contributed by atoms with van der Waals surface area (Å²) in [5.41, 5.74) is 30.2. The normalized spacial score (nSPS) is 11.5. The molecule has 14 aromatic carbocycles. The van der Waals surface area contributed by atoms with Gasteiger partial charge in [0.05, 0.1) is 0 Å². The summed E-state index contributed by atoms with van der Waals surface area (Å²) in [6.45, 7) is 8.99. The van der Waals surface area contributed by atoms with E-state index in [-0.39, 0.29) is 0 Å². The van der Waals surface area contributed by atoms with Gasteiger partial charge in [0.2, 0.25) is 0 Å². The molecule has 0 bridgehead atoms. The van der Waals surface area contributed by atoms with Gasteiger partial charge in [-0.1, -0.05) is 325 Å². The summed E-state index contributed by atoms with van der Waals surface area (Å²) in [6.07, 6.45) is 0. The average molecular weight is 1230 g/mol. The number of rotatable bonds is 19. The SMILES string of the molecule is CC(C)c1ccc(N(c2ccccc2)c2ccc(-c3cccc(/C(=C(\c4ccccc4)c4ccc(-c5ccc(N(c6ccc(-c7ccc(C(=C(c8ccccc8)c8ccccc8)c8ccccc8)cc7)cc6)c6ccc(C(C)C)cc6)cc5)cc4)c4ccccc4)c3)cc2)cc1. The van der Waals surface area contributed by atoms with Gasteiger partial charge in [-0.25, -0.2) is 0 Å². The quantitative estimate of drug-likeness (QED) is 0.0745. The molecule has 2 nitrogen and oxygen atoms in total. The molecule has 0 atom stereocenters. The van der Waals surface area contributed by atoms with Crippen LogP contribution in [-0.4, -0.2) is 0 Å². The van der Waals surface area contributed by atoms with Crippen molar-refractivity contribution in [2.45, 2.75) is 39.5 Å². The monoisotopic (exact) mass is 1230 g/mol. The van der Waals surface area contributed by atoms with E-state index in [0.29, 0.717) is 11.8 Å². The van der Waals surface area contributed by atoms with Crippen LogP contribution in [0.4, 0.5) is 34.1 Å². The second-order valence-electron chi connectivity index (χ2n) is 25.2. The Morgan fingerprint density at radius 3 is 0.667 bits per heavy atom. The first kappa shape index (κ1) is 61.7. The molecule has 0 aromatic heterocycles. The maximum absolute atomic E-state index is 2.37. The predicted octanol–water partition coefficient (Wildman–Crippen LogP) is 25.9. The Balaban J connectivity index is 0.773. The van der Waals surface area contributed by atoms with Crippen molar-refractivity contribution in [3.63, 3.8) is 0 Å². The topological polar surface area (TPSA) is 6.48 Å². The van der Waals surface area contributed by atoms with Crippen LogP contribution in [0, 0.1) is 0 Å². The summed E-state index contributed by atoms with van der Waals surface area (Å²) in [5.74, 6) is 0.887. The number of anilines is 6. The molecule has 14 rings (SSSR count). The van der Waals surface area contributed by atoms with Gasteiger partial charge in [0.1, 0.15) is 0 Å². The minimum atomic E-state index is 0.425. The standard InChI is InChI=1S/C94H76N2/c1-67(2)69-46-56-86(57-47-69)95(85-36-21-10-22-37-85)88-64-54-75(55-65-88)83-34-23-35-84(66-83)94(80-32-19-9-20-33-80)93(79-30-17-8-18-31-79)82-44-40-72(41-45-82)74-52-62-90(63-53-74)96(87-58-48-70(49-59-87)68(3)4)89-60-50-73(51-61-89)71-38-42-81(43-39-71)92(78-28-15-7-16-29-78)91(76-24-11-5-12-25-76)77-26-13-6-14-27-77/h5-68H,1-4H3/b94-93+. The largest absolute Gasteiger partial charge is 0.311 e. The molecule has 0 N–H and O–H groups in total. The predicted molar refractivity (Wildman–Crippen MR) is 409 cm³/mol. The molecule has 0 heterocycles. The summed E-state index contributed by atoms with van der Waals surface area (Å²) < 4.78 is 0. The van der Waals surface area contributed by atoms with Crippen molar-refractivity contribution < 1.29 is 0 Å². The smallest absolute Gasteiger partial charge is 0.0462 e. The van der Waals surface area contributed by atoms with Gasteiger partial charge in [0, 0.05) is 34.1 Å². The fourth-order valence-electron chi connectivity index (χ4n) is 13.3. The van der Waals surface area contributed by atoms with Crippen molar-refractivity contribution in [1.82, 2.24) is 0 Å². The highest BCUT2D eigenvalue weighted by atomic mass is 15.1. The van der Waals surface area contributed by atoms with Crippen LogP contribution in [0.5, 0.6) is 0 Å². The minimum absolute atomic E-state index is 0.425. The van der Waals surface area contributed by atoms with E-state index in [1.54, 1.807) is 0 Å². The maximum atomic E-state index is 2.37. The number of hydrogen-bond donors (Lipinski definition) is 0. The minimum Gasteiger partial charge on any atom is -0.311 e. The zero-order valence-electron chi connectivity index (χ0n) is 54.8. The van der Waals surface area contributed by atoms with Gasteiger partial charge in [-0.05, 0) is 202 Å². The fraction of sp³-hybridized carbons (Fsp3) is 0.0638. The lowest BCUT2D eigenvalue weighted by Crippen LogP contribution is -2.10. The molecule has 14 aromatic rings. The lowest BCUT2D eigenvalue weighted by atomic mass is 9.84. The van der Waals surface area contributed by atoms with E-state index in [9.17, 15) is 0 Å². The molecule has 2 heteroatoms. The summed E-state index contributed by atoms with van der Waals surface area (Å²) in [7, 11) is 0. The van der Waals surface area contributed by atoms with Crippen molar-refractivity contribution in [1.29, 1.82) is 0 Å². The van der Waals surface area contributed by atoms with E-state index in [0.717, 1.165) is 95.3 Å². The van der Waals surface area contributed by atoms with E-state index < -0.39 is 0 Å². The van der Waals surface area contributed by atoms with Gasteiger partial charge < -0.3 is 9.80 Å². The molecule has 0 aliphatic carbocycles. The summed E-state index contributed by atoms with van der Waals surface area (Å²) >= 11 is 0. The van der Waals surface area contributed by atoms with Crippen LogP contribution in [0.1, 0.15) is 95.2 Å². The third-order valence-corrected chi connectivity index (χ3v) is 18.3. The number of para-hydroxylation sites is 1. The third-order valence-electron chi connectivity index (χ3n) is 18.3. The van der Waals surface area contributed by atoms with Crippen LogP contribution in [0.3, 0.4) is 0 Å². The highest BCUT2D eigenvalue weighted by Gasteiger charge is 2.21. The molecule has 0 saturated carbocycles. The Hall–Kier alpha value is -11.8. The molecular formula is C94H76N2. The molecule has 0 saturated heterocycles. The van der Waals surface area contributed by atoms with Gasteiger partial charge >= 0.3 is 0 Å². The zero-order valence-corrected chi connectivity index (χ0v) is 54.8. The van der Waals surface area contributed by atoms with Crippen LogP contribution in [0.2, 0.25) is 0 Å². The Kier molecular flexibility index (Phi) is 18.4. The zero-order chi connectivity index (χ0) is 65.2. The van der Waals surface area contributed by atoms with Crippen molar-refractivity contribution in [3.05, 3.63) is 432 Å². The first-order valence-corrected chi connectivity index (χ1v) is 33.5. The van der Waals surface area contributed by atoms with Crippen LogP contribution >= 0.6 is 0 Å². The second kappa shape index (κ2) is 28.6. The van der Waals surface area contributed by atoms with E-state index in [2.05, 4.69) is 414 Å². The Bertz CT molecular complexity index is 4870.